The number of morpholine rings is 1. The van der Waals surface area contributed by atoms with Crippen LogP contribution in [0.4, 0.5) is 5.69 Å². The van der Waals surface area contributed by atoms with Crippen molar-refractivity contribution in [3.05, 3.63) is 24.3 Å². The van der Waals surface area contributed by atoms with E-state index in [2.05, 4.69) is 36.4 Å². The van der Waals surface area contributed by atoms with Crippen LogP contribution in [0.1, 0.15) is 34.1 Å². The summed E-state index contributed by atoms with van der Waals surface area (Å²) >= 11 is 0. The third-order valence-corrected chi connectivity index (χ3v) is 4.49. The lowest BCUT2D eigenvalue weighted by Gasteiger charge is -2.29. The van der Waals surface area contributed by atoms with Crippen molar-refractivity contribution in [3.8, 4) is 5.75 Å². The number of anilines is 1. The molecule has 31 heavy (non-hydrogen) atoms. The van der Waals surface area contributed by atoms with Gasteiger partial charge in [-0.25, -0.2) is 0 Å². The highest BCUT2D eigenvalue weighted by molar-refractivity contribution is 14.0. The van der Waals surface area contributed by atoms with Crippen molar-refractivity contribution in [3.63, 3.8) is 0 Å². The molecule has 0 amide bonds. The average molecular weight is 549 g/mol. The Labute approximate surface area is 205 Å². The second-order valence-corrected chi connectivity index (χ2v) is 8.51. The van der Waals surface area contributed by atoms with Crippen LogP contribution in [0.15, 0.2) is 29.3 Å². The van der Waals surface area contributed by atoms with Crippen LogP contribution < -0.4 is 15.4 Å². The van der Waals surface area contributed by atoms with E-state index < -0.39 is 0 Å². The Bertz CT molecular complexity index is 626. The van der Waals surface area contributed by atoms with E-state index in [0.29, 0.717) is 12.5 Å². The maximum atomic E-state index is 5.84. The average Bonchev–Trinajstić information content (AvgIpc) is 2.69. The van der Waals surface area contributed by atoms with Crippen molar-refractivity contribution < 1.29 is 14.2 Å². The van der Waals surface area contributed by atoms with E-state index in [9.17, 15) is 0 Å². The molecule has 0 bridgehead atoms. The topological polar surface area (TPSA) is 67.4 Å². The number of benzene rings is 1. The highest BCUT2D eigenvalue weighted by atomic mass is 127. The summed E-state index contributed by atoms with van der Waals surface area (Å²) in [5.41, 5.74) is 0.968. The number of hydrogen-bond donors (Lipinski definition) is 2. The van der Waals surface area contributed by atoms with Crippen molar-refractivity contribution in [1.29, 1.82) is 0 Å². The maximum absolute atomic E-state index is 5.84. The molecule has 7 nitrogen and oxygen atoms in total. The molecular weight excluding hydrogens is 507 g/mol. The van der Waals surface area contributed by atoms with E-state index in [4.69, 9.17) is 19.2 Å². The summed E-state index contributed by atoms with van der Waals surface area (Å²) in [4.78, 5) is 7.05. The van der Waals surface area contributed by atoms with Gasteiger partial charge in [0.05, 0.1) is 25.4 Å². The van der Waals surface area contributed by atoms with Gasteiger partial charge < -0.3 is 29.7 Å². The van der Waals surface area contributed by atoms with Gasteiger partial charge in [0.1, 0.15) is 5.75 Å². The minimum Gasteiger partial charge on any atom is -0.491 e. The SMILES string of the molecule is CC(C)COCCCNC(=NCC1CN(C)CCO1)Nc1ccc(OC(C)C)cc1.I. The predicted octanol–water partition coefficient (Wildman–Crippen LogP) is 3.84. The number of likely N-dealkylation sites (N-methyl/N-ethyl adjacent to an activating group) is 1. The molecule has 0 spiro atoms. The first-order chi connectivity index (χ1) is 14.4. The van der Waals surface area contributed by atoms with Crippen LogP contribution in [0.2, 0.25) is 0 Å². The van der Waals surface area contributed by atoms with E-state index in [1.807, 2.05) is 38.1 Å². The molecule has 1 fully saturated rings. The normalized spacial score (nSPS) is 17.5. The van der Waals surface area contributed by atoms with E-state index in [-0.39, 0.29) is 36.2 Å². The molecule has 1 saturated heterocycles. The van der Waals surface area contributed by atoms with Gasteiger partial charge in [0.25, 0.3) is 0 Å². The van der Waals surface area contributed by atoms with E-state index in [1.54, 1.807) is 0 Å². The van der Waals surface area contributed by atoms with E-state index in [0.717, 1.165) is 63.3 Å². The fraction of sp³-hybridized carbons (Fsp3) is 0.696. The van der Waals surface area contributed by atoms with Crippen LogP contribution >= 0.6 is 24.0 Å². The summed E-state index contributed by atoms with van der Waals surface area (Å²) in [5, 5.41) is 6.81. The van der Waals surface area contributed by atoms with Crippen molar-refractivity contribution >= 4 is 35.6 Å². The van der Waals surface area contributed by atoms with Gasteiger partial charge in [0.2, 0.25) is 0 Å². The molecule has 0 aromatic heterocycles. The van der Waals surface area contributed by atoms with E-state index in [1.165, 1.54) is 0 Å². The molecule has 1 aliphatic rings. The fourth-order valence-corrected chi connectivity index (χ4v) is 3.04. The Kier molecular flexibility index (Phi) is 14.1. The van der Waals surface area contributed by atoms with Crippen LogP contribution in [-0.4, -0.2) is 76.1 Å². The van der Waals surface area contributed by atoms with Crippen molar-refractivity contribution in [2.75, 3.05) is 58.4 Å². The van der Waals surface area contributed by atoms with Gasteiger partial charge in [-0.3, -0.25) is 4.99 Å². The first kappa shape index (κ1) is 27.9. The summed E-state index contributed by atoms with van der Waals surface area (Å²) in [6.07, 6.45) is 1.21. The number of nitrogens with zero attached hydrogens (tertiary/aromatic N) is 2. The molecule has 1 unspecified atom stereocenters. The number of rotatable bonds is 11. The zero-order chi connectivity index (χ0) is 21.8. The molecule has 1 atom stereocenters. The van der Waals surface area contributed by atoms with Crippen LogP contribution in [0, 0.1) is 5.92 Å². The summed E-state index contributed by atoms with van der Waals surface area (Å²) in [5.74, 6) is 2.18. The Balaban J connectivity index is 0.00000480. The second-order valence-electron chi connectivity index (χ2n) is 8.51. The summed E-state index contributed by atoms with van der Waals surface area (Å²) in [7, 11) is 2.12. The molecule has 2 N–H and O–H groups in total. The Morgan fingerprint density at radius 1 is 1.23 bits per heavy atom. The predicted molar refractivity (Wildman–Crippen MR) is 139 cm³/mol. The smallest absolute Gasteiger partial charge is 0.195 e. The Morgan fingerprint density at radius 2 is 1.97 bits per heavy atom. The standard InChI is InChI=1S/C23H40N4O3.HI/c1-18(2)17-28-13-6-11-24-23(25-15-22-16-27(5)12-14-29-22)26-20-7-9-21(10-8-20)30-19(3)4;/h7-10,18-19,22H,6,11-17H2,1-5H3,(H2,24,25,26);1H. The fourth-order valence-electron chi connectivity index (χ4n) is 3.04. The molecule has 0 saturated carbocycles. The van der Waals surface area contributed by atoms with Crippen molar-refractivity contribution in [1.82, 2.24) is 10.2 Å². The van der Waals surface area contributed by atoms with Crippen LogP contribution in [0.5, 0.6) is 5.75 Å². The molecule has 2 rings (SSSR count). The summed E-state index contributed by atoms with van der Waals surface area (Å²) in [6.45, 7) is 14.0. The highest BCUT2D eigenvalue weighted by Gasteiger charge is 2.17. The van der Waals surface area contributed by atoms with Gasteiger partial charge in [-0.2, -0.15) is 0 Å². The van der Waals surface area contributed by atoms with Gasteiger partial charge in [0.15, 0.2) is 5.96 Å². The zero-order valence-electron chi connectivity index (χ0n) is 19.7. The lowest BCUT2D eigenvalue weighted by molar-refractivity contribution is -0.0136. The van der Waals surface area contributed by atoms with Gasteiger partial charge >= 0.3 is 0 Å². The summed E-state index contributed by atoms with van der Waals surface area (Å²) in [6, 6.07) is 7.95. The van der Waals surface area contributed by atoms with Crippen molar-refractivity contribution in [2.24, 2.45) is 10.9 Å². The zero-order valence-corrected chi connectivity index (χ0v) is 22.1. The van der Waals surface area contributed by atoms with Crippen LogP contribution in [0.3, 0.4) is 0 Å². The second kappa shape index (κ2) is 15.7. The van der Waals surface area contributed by atoms with Crippen LogP contribution in [0.25, 0.3) is 0 Å². The molecule has 0 radical (unpaired) electrons. The Morgan fingerprint density at radius 3 is 2.61 bits per heavy atom. The van der Waals surface area contributed by atoms with Gasteiger partial charge in [0, 0.05) is 38.5 Å². The first-order valence-corrected chi connectivity index (χ1v) is 11.1. The summed E-state index contributed by atoms with van der Waals surface area (Å²) < 4.78 is 17.2. The van der Waals surface area contributed by atoms with E-state index >= 15 is 0 Å². The van der Waals surface area contributed by atoms with Crippen LogP contribution in [-0.2, 0) is 9.47 Å². The first-order valence-electron chi connectivity index (χ1n) is 11.1. The largest absolute Gasteiger partial charge is 0.491 e. The van der Waals surface area contributed by atoms with Gasteiger partial charge in [-0.15, -0.1) is 24.0 Å². The number of halogens is 1. The lowest BCUT2D eigenvalue weighted by atomic mass is 10.2. The molecule has 8 heteroatoms. The number of aliphatic imine (C=N–C) groups is 1. The molecule has 1 aromatic rings. The molecule has 1 aliphatic heterocycles. The maximum Gasteiger partial charge on any atom is 0.195 e. The number of hydrogen-bond acceptors (Lipinski definition) is 5. The lowest BCUT2D eigenvalue weighted by Crippen LogP contribution is -2.42. The van der Waals surface area contributed by atoms with Crippen molar-refractivity contribution in [2.45, 2.75) is 46.3 Å². The molecular formula is C23H41IN4O3. The number of guanidine groups is 1. The van der Waals surface area contributed by atoms with Gasteiger partial charge in [-0.05, 0) is 57.5 Å². The third kappa shape index (κ3) is 12.5. The minimum atomic E-state index is 0. The quantitative estimate of drug-likeness (QED) is 0.190. The Hall–Kier alpha value is -1.10. The minimum absolute atomic E-state index is 0. The monoisotopic (exact) mass is 548 g/mol. The molecule has 1 heterocycles. The van der Waals surface area contributed by atoms with Gasteiger partial charge in [-0.1, -0.05) is 13.8 Å². The highest BCUT2D eigenvalue weighted by Crippen LogP contribution is 2.17. The number of nitrogens with one attached hydrogen (secondary N) is 2. The molecule has 0 aliphatic carbocycles. The molecule has 1 aromatic carbocycles. The number of ether oxygens (including phenoxy) is 3. The molecule has 178 valence electrons. The third-order valence-electron chi connectivity index (χ3n) is 4.49.